The van der Waals surface area contributed by atoms with E-state index in [9.17, 15) is 9.59 Å². The summed E-state index contributed by atoms with van der Waals surface area (Å²) >= 11 is 0. The van der Waals surface area contributed by atoms with Crippen molar-refractivity contribution in [2.75, 3.05) is 0 Å². The lowest BCUT2D eigenvalue weighted by atomic mass is 10.5. The molecule has 0 saturated heterocycles. The molecular formula is C8H16O4Si. The lowest BCUT2D eigenvalue weighted by molar-refractivity contribution is -0.146. The second-order valence-electron chi connectivity index (χ2n) is 3.80. The first-order valence-corrected chi connectivity index (χ1v) is 7.18. The second kappa shape index (κ2) is 4.41. The van der Waals surface area contributed by atoms with Crippen molar-refractivity contribution < 1.29 is 19.1 Å². The van der Waals surface area contributed by atoms with Crippen LogP contribution in [0, 0.1) is 0 Å². The Hall–Kier alpha value is -0.843. The van der Waals surface area contributed by atoms with Gasteiger partial charge in [0.25, 0.3) is 8.32 Å². The summed E-state index contributed by atoms with van der Waals surface area (Å²) in [4.78, 5) is 21.2. The number of aliphatic carboxylic acids is 1. The molecule has 0 aliphatic carbocycles. The van der Waals surface area contributed by atoms with Gasteiger partial charge in [-0.3, -0.25) is 9.59 Å². The van der Waals surface area contributed by atoms with Crippen LogP contribution >= 0.6 is 0 Å². The van der Waals surface area contributed by atoms with Gasteiger partial charge in [-0.25, -0.2) is 0 Å². The van der Waals surface area contributed by atoms with Crippen LogP contribution in [0.2, 0.25) is 18.6 Å². The van der Waals surface area contributed by atoms with Gasteiger partial charge in [0.1, 0.15) is 6.42 Å². The van der Waals surface area contributed by atoms with Gasteiger partial charge in [-0.1, -0.05) is 13.8 Å². The molecule has 76 valence electrons. The Bertz CT molecular complexity index is 210. The Balaban J connectivity index is 4.12. The molecule has 0 amide bonds. The van der Waals surface area contributed by atoms with Crippen LogP contribution in [-0.2, 0) is 14.0 Å². The fourth-order valence-electron chi connectivity index (χ4n) is 0.571. The van der Waals surface area contributed by atoms with Gasteiger partial charge in [0.15, 0.2) is 0 Å². The summed E-state index contributed by atoms with van der Waals surface area (Å²) in [6.45, 7) is 7.75. The molecule has 0 bridgehead atoms. The van der Waals surface area contributed by atoms with Gasteiger partial charge < -0.3 is 9.53 Å². The van der Waals surface area contributed by atoms with E-state index in [2.05, 4.69) is 0 Å². The molecule has 0 heterocycles. The van der Waals surface area contributed by atoms with E-state index in [1.54, 1.807) is 0 Å². The van der Waals surface area contributed by atoms with Gasteiger partial charge in [0.2, 0.25) is 0 Å². The predicted octanol–water partition coefficient (Wildman–Crippen LogP) is 1.62. The van der Waals surface area contributed by atoms with Crippen molar-refractivity contribution >= 4 is 20.3 Å². The third-order valence-electron chi connectivity index (χ3n) is 2.06. The standard InChI is InChI=1S/C8H16O4Si/c1-6(2)13(3,4)12-8(11)5-7(9)10/h6H,5H2,1-4H3,(H,9,10). The number of hydrogen-bond acceptors (Lipinski definition) is 3. The number of carbonyl (C=O) groups is 2. The molecule has 0 aromatic carbocycles. The maximum Gasteiger partial charge on any atom is 0.314 e. The molecule has 0 saturated carbocycles. The van der Waals surface area contributed by atoms with E-state index in [-0.39, 0.29) is 0 Å². The summed E-state index contributed by atoms with van der Waals surface area (Å²) in [6.07, 6.45) is -0.539. The lowest BCUT2D eigenvalue weighted by Crippen LogP contribution is -2.37. The number of carboxylic acids is 1. The van der Waals surface area contributed by atoms with E-state index in [4.69, 9.17) is 9.53 Å². The van der Waals surface area contributed by atoms with Crippen molar-refractivity contribution in [2.24, 2.45) is 0 Å². The van der Waals surface area contributed by atoms with E-state index in [0.29, 0.717) is 5.54 Å². The highest BCUT2D eigenvalue weighted by atomic mass is 28.4. The first-order valence-electron chi connectivity index (χ1n) is 4.19. The zero-order valence-corrected chi connectivity index (χ0v) is 9.46. The van der Waals surface area contributed by atoms with Gasteiger partial charge in [-0.05, 0) is 18.6 Å². The van der Waals surface area contributed by atoms with Crippen molar-refractivity contribution in [3.05, 3.63) is 0 Å². The van der Waals surface area contributed by atoms with E-state index in [1.165, 1.54) is 0 Å². The Morgan fingerprint density at radius 1 is 1.38 bits per heavy atom. The summed E-state index contributed by atoms with van der Waals surface area (Å²) in [7, 11) is -2.02. The van der Waals surface area contributed by atoms with Crippen molar-refractivity contribution in [3.8, 4) is 0 Å². The topological polar surface area (TPSA) is 63.6 Å². The maximum absolute atomic E-state index is 11.0. The van der Waals surface area contributed by atoms with Crippen LogP contribution in [-0.4, -0.2) is 25.4 Å². The molecule has 13 heavy (non-hydrogen) atoms. The minimum absolute atomic E-state index is 0.297. The van der Waals surface area contributed by atoms with Crippen LogP contribution in [0.3, 0.4) is 0 Å². The molecule has 4 nitrogen and oxygen atoms in total. The summed E-state index contributed by atoms with van der Waals surface area (Å²) < 4.78 is 5.13. The lowest BCUT2D eigenvalue weighted by Gasteiger charge is -2.26. The van der Waals surface area contributed by atoms with E-state index in [0.717, 1.165) is 0 Å². The van der Waals surface area contributed by atoms with E-state index in [1.807, 2.05) is 26.9 Å². The van der Waals surface area contributed by atoms with Gasteiger partial charge in [0.05, 0.1) is 0 Å². The smallest absolute Gasteiger partial charge is 0.314 e. The van der Waals surface area contributed by atoms with Gasteiger partial charge in [-0.15, -0.1) is 0 Å². The van der Waals surface area contributed by atoms with Crippen LogP contribution in [0.5, 0.6) is 0 Å². The van der Waals surface area contributed by atoms with Gasteiger partial charge in [-0.2, -0.15) is 0 Å². The van der Waals surface area contributed by atoms with Gasteiger partial charge >= 0.3 is 11.9 Å². The van der Waals surface area contributed by atoms with E-state index < -0.39 is 26.7 Å². The Kier molecular flexibility index (Phi) is 4.12. The molecule has 0 fully saturated rings. The Morgan fingerprint density at radius 2 is 1.85 bits per heavy atom. The first-order chi connectivity index (χ1) is 5.75. The highest BCUT2D eigenvalue weighted by molar-refractivity contribution is 6.73. The minimum Gasteiger partial charge on any atom is -0.519 e. The third-order valence-corrected chi connectivity index (χ3v) is 5.60. The summed E-state index contributed by atoms with van der Waals surface area (Å²) in [5, 5.41) is 8.33. The van der Waals surface area contributed by atoms with E-state index >= 15 is 0 Å². The molecule has 0 aliphatic rings. The predicted molar refractivity (Wildman–Crippen MR) is 50.9 cm³/mol. The summed E-state index contributed by atoms with van der Waals surface area (Å²) in [5.41, 5.74) is 0.297. The van der Waals surface area contributed by atoms with Crippen LogP contribution < -0.4 is 0 Å². The fourth-order valence-corrected chi connectivity index (χ4v) is 1.47. The zero-order chi connectivity index (χ0) is 10.6. The Morgan fingerprint density at radius 3 is 2.15 bits per heavy atom. The molecule has 0 rings (SSSR count). The Labute approximate surface area is 79.0 Å². The fraction of sp³-hybridized carbons (Fsp3) is 0.750. The molecular weight excluding hydrogens is 188 g/mol. The van der Waals surface area contributed by atoms with Crippen LogP contribution in [0.4, 0.5) is 0 Å². The average Bonchev–Trinajstić information content (AvgIpc) is 1.82. The average molecular weight is 204 g/mol. The maximum atomic E-state index is 11.0. The molecule has 0 aromatic rings. The zero-order valence-electron chi connectivity index (χ0n) is 8.46. The highest BCUT2D eigenvalue weighted by Gasteiger charge is 2.31. The normalized spacial score (nSPS) is 11.5. The molecule has 0 spiro atoms. The first kappa shape index (κ1) is 12.2. The highest BCUT2D eigenvalue weighted by Crippen LogP contribution is 2.21. The van der Waals surface area contributed by atoms with Gasteiger partial charge in [0, 0.05) is 0 Å². The van der Waals surface area contributed by atoms with Crippen molar-refractivity contribution in [3.63, 3.8) is 0 Å². The molecule has 1 N–H and O–H groups in total. The number of carboxylic acid groups (broad SMARTS) is 1. The third kappa shape index (κ3) is 4.67. The quantitative estimate of drug-likeness (QED) is 0.558. The molecule has 5 heteroatoms. The number of rotatable bonds is 4. The van der Waals surface area contributed by atoms with Crippen molar-refractivity contribution in [1.29, 1.82) is 0 Å². The summed E-state index contributed by atoms with van der Waals surface area (Å²) in [6, 6.07) is 0. The monoisotopic (exact) mass is 204 g/mol. The molecule has 0 radical (unpaired) electrons. The second-order valence-corrected chi connectivity index (χ2v) is 8.37. The number of carbonyl (C=O) groups excluding carboxylic acids is 1. The number of hydrogen-bond donors (Lipinski definition) is 1. The van der Waals surface area contributed by atoms with Crippen molar-refractivity contribution in [1.82, 2.24) is 0 Å². The summed E-state index contributed by atoms with van der Waals surface area (Å²) in [5.74, 6) is -1.77. The van der Waals surface area contributed by atoms with Crippen LogP contribution in [0.1, 0.15) is 20.3 Å². The van der Waals surface area contributed by atoms with Crippen molar-refractivity contribution in [2.45, 2.75) is 38.9 Å². The molecule has 0 aliphatic heterocycles. The van der Waals surface area contributed by atoms with Crippen LogP contribution in [0.15, 0.2) is 0 Å². The SMILES string of the molecule is CC(C)[Si](C)(C)OC(=O)CC(=O)O. The minimum atomic E-state index is -2.02. The largest absolute Gasteiger partial charge is 0.519 e. The van der Waals surface area contributed by atoms with Crippen LogP contribution in [0.25, 0.3) is 0 Å². The molecule has 0 aromatic heterocycles. The molecule has 0 unspecified atom stereocenters. The molecule has 0 atom stereocenters.